The highest BCUT2D eigenvalue weighted by atomic mass is 28.4. The second-order valence-electron chi connectivity index (χ2n) is 12.8. The number of aryl methyl sites for hydroxylation is 1. The first-order chi connectivity index (χ1) is 20.6. The third-order valence-corrected chi connectivity index (χ3v) is 13.2. The Morgan fingerprint density at radius 2 is 1.75 bits per heavy atom. The molecule has 1 aliphatic heterocycles. The van der Waals surface area contributed by atoms with Crippen LogP contribution in [0.25, 0.3) is 5.57 Å². The number of nitrogen functional groups attached to an aromatic ring is 1. The average Bonchev–Trinajstić information content (AvgIpc) is 2.99. The first kappa shape index (κ1) is 32.8. The minimum Gasteiger partial charge on any atom is -0.493 e. The van der Waals surface area contributed by atoms with E-state index in [0.717, 1.165) is 15.7 Å². The molecule has 3 aromatic rings. The number of hydrogen-bond acceptors (Lipinski definition) is 7. The molecule has 0 spiro atoms. The number of methoxy groups -OCH3 is 1. The summed E-state index contributed by atoms with van der Waals surface area (Å²) in [6.07, 6.45) is 3.81. The van der Waals surface area contributed by atoms with Gasteiger partial charge in [0.25, 0.3) is 11.5 Å². The van der Waals surface area contributed by atoms with E-state index in [-0.39, 0.29) is 34.8 Å². The molecule has 10 nitrogen and oxygen atoms in total. The highest BCUT2D eigenvalue weighted by Crippen LogP contribution is 2.38. The van der Waals surface area contributed by atoms with Crippen LogP contribution >= 0.6 is 0 Å². The molecule has 2 aromatic carbocycles. The minimum atomic E-state index is -2.17. The van der Waals surface area contributed by atoms with E-state index in [0.29, 0.717) is 42.3 Å². The van der Waals surface area contributed by atoms with Crippen molar-refractivity contribution in [1.82, 2.24) is 14.0 Å². The van der Waals surface area contributed by atoms with Crippen LogP contribution in [0.4, 0.5) is 5.69 Å². The Labute approximate surface area is 259 Å². The largest absolute Gasteiger partial charge is 0.493 e. The van der Waals surface area contributed by atoms with Gasteiger partial charge in [-0.15, -0.1) is 0 Å². The van der Waals surface area contributed by atoms with Crippen LogP contribution in [0.2, 0.25) is 18.1 Å². The van der Waals surface area contributed by atoms with Crippen molar-refractivity contribution in [3.05, 3.63) is 92.3 Å². The minimum absolute atomic E-state index is 0.0315. The summed E-state index contributed by atoms with van der Waals surface area (Å²) in [5.74, 6) is 0.562. The number of carbonyl (C=O) groups excluding carboxylic acids is 1. The lowest BCUT2D eigenvalue weighted by Gasteiger charge is -2.41. The Balaban J connectivity index is 1.68. The van der Waals surface area contributed by atoms with Gasteiger partial charge in [0.1, 0.15) is 6.61 Å². The van der Waals surface area contributed by atoms with Gasteiger partial charge < -0.3 is 29.1 Å². The summed E-state index contributed by atoms with van der Waals surface area (Å²) in [6.45, 7) is 11.7. The van der Waals surface area contributed by atoms with Gasteiger partial charge in [-0.25, -0.2) is 4.79 Å². The molecule has 1 amide bonds. The van der Waals surface area contributed by atoms with E-state index >= 15 is 0 Å². The number of anilines is 1. The van der Waals surface area contributed by atoms with Crippen molar-refractivity contribution in [2.24, 2.45) is 14.1 Å². The lowest BCUT2D eigenvalue weighted by molar-refractivity contribution is 0.0627. The number of nitrogens with zero attached hydrogens (tertiary/aromatic N) is 3. The van der Waals surface area contributed by atoms with Crippen LogP contribution in [0.5, 0.6) is 11.5 Å². The van der Waals surface area contributed by atoms with E-state index in [1.54, 1.807) is 30.3 Å². The molecule has 1 unspecified atom stereocenters. The summed E-state index contributed by atoms with van der Waals surface area (Å²) in [6, 6.07) is 12.6. The molecular formula is C33H44N4O6Si. The monoisotopic (exact) mass is 620 g/mol. The third-order valence-electron chi connectivity index (χ3n) is 8.73. The van der Waals surface area contributed by atoms with E-state index in [9.17, 15) is 14.4 Å². The molecule has 44 heavy (non-hydrogen) atoms. The van der Waals surface area contributed by atoms with Gasteiger partial charge in [0.05, 0.1) is 30.9 Å². The fourth-order valence-electron chi connectivity index (χ4n) is 4.90. The van der Waals surface area contributed by atoms with E-state index in [2.05, 4.69) is 33.9 Å². The van der Waals surface area contributed by atoms with Gasteiger partial charge in [0, 0.05) is 38.6 Å². The molecule has 0 saturated carbocycles. The van der Waals surface area contributed by atoms with E-state index in [1.807, 2.05) is 36.4 Å². The van der Waals surface area contributed by atoms with Crippen molar-refractivity contribution in [3.8, 4) is 11.5 Å². The fourth-order valence-corrected chi connectivity index (χ4v) is 5.94. The molecule has 2 heterocycles. The Kier molecular flexibility index (Phi) is 9.60. The molecule has 0 saturated heterocycles. The first-order valence-corrected chi connectivity index (χ1v) is 17.6. The smallest absolute Gasteiger partial charge is 0.330 e. The van der Waals surface area contributed by atoms with Crippen LogP contribution < -0.4 is 26.5 Å². The molecule has 236 valence electrons. The van der Waals surface area contributed by atoms with E-state index < -0.39 is 14.0 Å². The van der Waals surface area contributed by atoms with Gasteiger partial charge >= 0.3 is 5.69 Å². The molecule has 0 aliphatic carbocycles. The first-order valence-electron chi connectivity index (χ1n) is 14.7. The van der Waals surface area contributed by atoms with Crippen LogP contribution in [0.15, 0.2) is 64.3 Å². The van der Waals surface area contributed by atoms with Gasteiger partial charge in [0.15, 0.2) is 19.8 Å². The van der Waals surface area contributed by atoms with Crippen molar-refractivity contribution in [2.45, 2.75) is 58.0 Å². The Morgan fingerprint density at radius 1 is 1.07 bits per heavy atom. The van der Waals surface area contributed by atoms with Crippen molar-refractivity contribution < 1.29 is 18.7 Å². The SMILES string of the molecule is COc1cc(C(=O)N2CC=C(c3cn(C)c(=O)n(C)c3=O)CC2CO[Si](C)(C)C(C)(C)C)c(N)cc1OCc1ccccc1. The van der Waals surface area contributed by atoms with Crippen LogP contribution in [0, 0.1) is 0 Å². The van der Waals surface area contributed by atoms with E-state index in [4.69, 9.17) is 19.6 Å². The normalized spacial score (nSPS) is 15.6. The number of benzene rings is 2. The molecule has 1 aromatic heterocycles. The molecule has 11 heteroatoms. The number of carbonyl (C=O) groups is 1. The lowest BCUT2D eigenvalue weighted by atomic mass is 9.95. The Morgan fingerprint density at radius 3 is 2.39 bits per heavy atom. The van der Waals surface area contributed by atoms with Gasteiger partial charge in [-0.05, 0) is 41.8 Å². The van der Waals surface area contributed by atoms with Gasteiger partial charge in [0.2, 0.25) is 0 Å². The molecule has 4 rings (SSSR count). The number of nitrogens with two attached hydrogens (primary N) is 1. The highest BCUT2D eigenvalue weighted by Gasteiger charge is 2.39. The van der Waals surface area contributed by atoms with Crippen LogP contribution in [0.1, 0.15) is 48.7 Å². The molecule has 0 fully saturated rings. The topological polar surface area (TPSA) is 118 Å². The zero-order valence-corrected chi connectivity index (χ0v) is 28.0. The maximum absolute atomic E-state index is 14.1. The zero-order chi connectivity index (χ0) is 32.4. The van der Waals surface area contributed by atoms with Crippen molar-refractivity contribution >= 4 is 25.5 Å². The summed E-state index contributed by atoms with van der Waals surface area (Å²) < 4.78 is 20.7. The highest BCUT2D eigenvalue weighted by molar-refractivity contribution is 6.74. The van der Waals surface area contributed by atoms with Crippen molar-refractivity contribution in [3.63, 3.8) is 0 Å². The van der Waals surface area contributed by atoms with Gasteiger partial charge in [-0.2, -0.15) is 0 Å². The lowest BCUT2D eigenvalue weighted by Crippen LogP contribution is -2.50. The quantitative estimate of drug-likeness (QED) is 0.275. The van der Waals surface area contributed by atoms with Crippen molar-refractivity contribution in [2.75, 3.05) is 26.0 Å². The molecular weight excluding hydrogens is 576 g/mol. The molecule has 1 atom stereocenters. The number of hydrogen-bond donors (Lipinski definition) is 1. The number of rotatable bonds is 9. The third kappa shape index (κ3) is 6.84. The predicted molar refractivity (Wildman–Crippen MR) is 176 cm³/mol. The standard InChI is InChI=1S/C33H44N4O6Si/c1-33(2,3)44(7,8)43-21-24-16-23(26-19-35(4)32(40)36(5)30(26)38)14-15-37(24)31(39)25-17-28(41-6)29(18-27(25)34)42-20-22-12-10-9-11-13-22/h9-14,17-19,24H,15-16,20-21,34H2,1-8H3. The molecule has 0 radical (unpaired) electrons. The summed E-state index contributed by atoms with van der Waals surface area (Å²) in [5.41, 5.74) is 8.43. The summed E-state index contributed by atoms with van der Waals surface area (Å²) in [5, 5.41) is -0.0315. The average molecular weight is 621 g/mol. The van der Waals surface area contributed by atoms with E-state index in [1.165, 1.54) is 18.7 Å². The summed E-state index contributed by atoms with van der Waals surface area (Å²) >= 11 is 0. The second-order valence-corrected chi connectivity index (χ2v) is 17.6. The fraction of sp³-hybridized carbons (Fsp3) is 0.424. The summed E-state index contributed by atoms with van der Waals surface area (Å²) in [4.78, 5) is 41.3. The van der Waals surface area contributed by atoms with Gasteiger partial charge in [-0.1, -0.05) is 57.2 Å². The molecule has 0 bridgehead atoms. The number of amides is 1. The molecule has 2 N–H and O–H groups in total. The van der Waals surface area contributed by atoms with Gasteiger partial charge in [-0.3, -0.25) is 14.2 Å². The Hall–Kier alpha value is -4.09. The summed E-state index contributed by atoms with van der Waals surface area (Å²) in [7, 11) is 2.44. The molecule has 1 aliphatic rings. The van der Waals surface area contributed by atoms with Crippen LogP contribution in [0.3, 0.4) is 0 Å². The predicted octanol–water partition coefficient (Wildman–Crippen LogP) is 4.57. The zero-order valence-electron chi connectivity index (χ0n) is 27.0. The maximum atomic E-state index is 14.1. The van der Waals surface area contributed by atoms with Crippen LogP contribution in [-0.2, 0) is 25.1 Å². The van der Waals surface area contributed by atoms with Crippen LogP contribution in [-0.4, -0.2) is 54.6 Å². The Bertz CT molecular complexity index is 1670. The number of ether oxygens (including phenoxy) is 2. The number of aromatic nitrogens is 2. The van der Waals surface area contributed by atoms with Crippen molar-refractivity contribution in [1.29, 1.82) is 0 Å². The second kappa shape index (κ2) is 12.9. The maximum Gasteiger partial charge on any atom is 0.330 e.